The maximum Gasteiger partial charge on any atom is 0.341 e. The van der Waals surface area contributed by atoms with Crippen molar-refractivity contribution in [3.63, 3.8) is 0 Å². The lowest BCUT2D eigenvalue weighted by atomic mass is 10.4. The first kappa shape index (κ1) is 7.59. The molecule has 1 heterocycles. The average Bonchev–Trinajstić information content (AvgIpc) is 2.31. The zero-order valence-corrected chi connectivity index (χ0v) is 5.90. The summed E-state index contributed by atoms with van der Waals surface area (Å²) in [5.74, 6) is -0.806. The number of nitrogens with zero attached hydrogens (tertiary/aromatic N) is 1. The predicted molar refractivity (Wildman–Crippen MR) is 34.4 cm³/mol. The van der Waals surface area contributed by atoms with Crippen LogP contribution < -0.4 is 4.74 Å². The molecule has 0 aliphatic heterocycles. The molecule has 1 aromatic rings. The Labute approximate surface area is 62.6 Å². The van der Waals surface area contributed by atoms with Gasteiger partial charge in [0.2, 0.25) is 0 Å². The van der Waals surface area contributed by atoms with E-state index in [1.807, 2.05) is 0 Å². The molecule has 0 fully saturated rings. The van der Waals surface area contributed by atoms with Crippen LogP contribution in [0.25, 0.3) is 0 Å². The molecule has 1 rings (SSSR count). The van der Waals surface area contributed by atoms with Crippen LogP contribution in [0.2, 0.25) is 0 Å². The van der Waals surface area contributed by atoms with Crippen LogP contribution in [0.1, 0.15) is 5.56 Å². The molecular formula is C6H7NO4. The van der Waals surface area contributed by atoms with Gasteiger partial charge in [-0.1, -0.05) is 0 Å². The highest BCUT2D eigenvalue weighted by Crippen LogP contribution is 2.12. The lowest BCUT2D eigenvalue weighted by Crippen LogP contribution is -2.09. The van der Waals surface area contributed by atoms with E-state index in [0.717, 1.165) is 0 Å². The molecule has 0 bridgehead atoms. The van der Waals surface area contributed by atoms with E-state index < -0.39 is 12.6 Å². The fraction of sp³-hybridized carbons (Fsp3) is 0.333. The Kier molecular flexibility index (Phi) is 2.10. The fourth-order valence-electron chi connectivity index (χ4n) is 0.546. The van der Waals surface area contributed by atoms with Gasteiger partial charge in [0, 0.05) is 0 Å². The summed E-state index contributed by atoms with van der Waals surface area (Å²) in [6, 6.07) is 0. The minimum Gasteiger partial charge on any atom is -0.479 e. The van der Waals surface area contributed by atoms with Gasteiger partial charge in [-0.3, -0.25) is 0 Å². The van der Waals surface area contributed by atoms with Gasteiger partial charge in [-0.15, -0.1) is 0 Å². The Morgan fingerprint density at radius 2 is 2.64 bits per heavy atom. The molecule has 0 radical (unpaired) electrons. The highest BCUT2D eigenvalue weighted by Gasteiger charge is 2.05. The number of aliphatic carboxylic acids is 1. The van der Waals surface area contributed by atoms with E-state index in [0.29, 0.717) is 5.56 Å². The molecule has 0 aromatic carbocycles. The highest BCUT2D eigenvalue weighted by atomic mass is 16.5. The Morgan fingerprint density at radius 3 is 3.09 bits per heavy atom. The standard InChI is InChI=1S/C6H7NO4/c1-4-2-11-7-6(4)10-3-5(8)9/h2H,3H2,1H3,(H,8,9). The van der Waals surface area contributed by atoms with Crippen molar-refractivity contribution in [2.45, 2.75) is 6.92 Å². The van der Waals surface area contributed by atoms with Gasteiger partial charge in [-0.25, -0.2) is 4.79 Å². The molecule has 5 heteroatoms. The van der Waals surface area contributed by atoms with E-state index in [4.69, 9.17) is 9.84 Å². The SMILES string of the molecule is Cc1conc1OCC(=O)O. The van der Waals surface area contributed by atoms with Gasteiger partial charge < -0.3 is 14.4 Å². The summed E-state index contributed by atoms with van der Waals surface area (Å²) in [5, 5.41) is 11.6. The molecule has 11 heavy (non-hydrogen) atoms. The summed E-state index contributed by atoms with van der Waals surface area (Å²) in [6.45, 7) is 1.32. The van der Waals surface area contributed by atoms with Crippen molar-refractivity contribution < 1.29 is 19.2 Å². The van der Waals surface area contributed by atoms with Gasteiger partial charge in [0.15, 0.2) is 6.61 Å². The maximum absolute atomic E-state index is 10.0. The summed E-state index contributed by atoms with van der Waals surface area (Å²) in [5.41, 5.74) is 0.686. The third-order valence-electron chi connectivity index (χ3n) is 1.03. The third-order valence-corrected chi connectivity index (χ3v) is 1.03. The summed E-state index contributed by atoms with van der Waals surface area (Å²) in [6.07, 6.45) is 1.39. The van der Waals surface area contributed by atoms with E-state index in [1.54, 1.807) is 6.92 Å². The van der Waals surface area contributed by atoms with E-state index in [2.05, 4.69) is 9.68 Å². The Bertz CT molecular complexity index is 255. The number of ether oxygens (including phenoxy) is 1. The lowest BCUT2D eigenvalue weighted by Gasteiger charge is -1.96. The smallest absolute Gasteiger partial charge is 0.341 e. The van der Waals surface area contributed by atoms with Crippen LogP contribution in [0.5, 0.6) is 5.88 Å². The number of carboxylic acids is 1. The van der Waals surface area contributed by atoms with Crippen LogP contribution in [0.4, 0.5) is 0 Å². The zero-order chi connectivity index (χ0) is 8.27. The summed E-state index contributed by atoms with van der Waals surface area (Å²) in [7, 11) is 0. The molecule has 5 nitrogen and oxygen atoms in total. The molecule has 0 atom stereocenters. The van der Waals surface area contributed by atoms with Crippen LogP contribution >= 0.6 is 0 Å². The first-order valence-electron chi connectivity index (χ1n) is 2.95. The van der Waals surface area contributed by atoms with Crippen LogP contribution in [0.3, 0.4) is 0 Å². The first-order valence-corrected chi connectivity index (χ1v) is 2.95. The monoisotopic (exact) mass is 157 g/mol. The molecule has 0 saturated carbocycles. The Morgan fingerprint density at radius 1 is 1.91 bits per heavy atom. The molecule has 1 N–H and O–H groups in total. The topological polar surface area (TPSA) is 72.6 Å². The third kappa shape index (κ3) is 1.96. The van der Waals surface area contributed by atoms with Crippen LogP contribution in [0.15, 0.2) is 10.8 Å². The fourth-order valence-corrected chi connectivity index (χ4v) is 0.546. The first-order chi connectivity index (χ1) is 5.20. The van der Waals surface area contributed by atoms with Crippen molar-refractivity contribution in [2.24, 2.45) is 0 Å². The van der Waals surface area contributed by atoms with Crippen molar-refractivity contribution in [3.8, 4) is 5.88 Å². The Balaban J connectivity index is 2.51. The molecule has 0 spiro atoms. The molecule has 60 valence electrons. The Hall–Kier alpha value is -1.52. The van der Waals surface area contributed by atoms with Gasteiger partial charge in [-0.05, 0) is 12.1 Å². The van der Waals surface area contributed by atoms with E-state index in [1.165, 1.54) is 6.26 Å². The van der Waals surface area contributed by atoms with Crippen LogP contribution in [-0.2, 0) is 4.79 Å². The minimum absolute atomic E-state index is 0.229. The van der Waals surface area contributed by atoms with Gasteiger partial charge >= 0.3 is 5.97 Å². The molecule has 0 aliphatic carbocycles. The summed E-state index contributed by atoms with van der Waals surface area (Å²) >= 11 is 0. The van der Waals surface area contributed by atoms with Crippen molar-refractivity contribution in [3.05, 3.63) is 11.8 Å². The molecular weight excluding hydrogens is 150 g/mol. The van der Waals surface area contributed by atoms with Gasteiger partial charge in [0.1, 0.15) is 6.26 Å². The van der Waals surface area contributed by atoms with Gasteiger partial charge in [0.05, 0.1) is 5.56 Å². The summed E-state index contributed by atoms with van der Waals surface area (Å²) < 4.78 is 9.24. The second kappa shape index (κ2) is 3.05. The molecule has 1 aromatic heterocycles. The van der Waals surface area contributed by atoms with E-state index in [-0.39, 0.29) is 5.88 Å². The van der Waals surface area contributed by atoms with Crippen LogP contribution in [-0.4, -0.2) is 22.8 Å². The van der Waals surface area contributed by atoms with Gasteiger partial charge in [0.25, 0.3) is 5.88 Å². The van der Waals surface area contributed by atoms with Crippen molar-refractivity contribution in [1.82, 2.24) is 5.16 Å². The maximum atomic E-state index is 10.0. The molecule has 0 aliphatic rings. The van der Waals surface area contributed by atoms with Crippen molar-refractivity contribution in [2.75, 3.05) is 6.61 Å². The highest BCUT2D eigenvalue weighted by molar-refractivity contribution is 5.68. The zero-order valence-electron chi connectivity index (χ0n) is 5.90. The molecule has 0 unspecified atom stereocenters. The van der Waals surface area contributed by atoms with Crippen molar-refractivity contribution >= 4 is 5.97 Å². The predicted octanol–water partition coefficient (Wildman–Crippen LogP) is 0.446. The van der Waals surface area contributed by atoms with E-state index in [9.17, 15) is 4.79 Å². The number of aryl methyl sites for hydroxylation is 1. The number of carbonyl (C=O) groups is 1. The number of rotatable bonds is 3. The minimum atomic E-state index is -1.03. The quantitative estimate of drug-likeness (QED) is 0.689. The normalized spacial score (nSPS) is 9.55. The van der Waals surface area contributed by atoms with Crippen LogP contribution in [0, 0.1) is 6.92 Å². The molecule has 0 saturated heterocycles. The summed E-state index contributed by atoms with van der Waals surface area (Å²) in [4.78, 5) is 10.0. The van der Waals surface area contributed by atoms with Crippen molar-refractivity contribution in [1.29, 1.82) is 0 Å². The second-order valence-electron chi connectivity index (χ2n) is 1.99. The van der Waals surface area contributed by atoms with Gasteiger partial charge in [-0.2, -0.15) is 0 Å². The number of carboxylic acid groups (broad SMARTS) is 1. The lowest BCUT2D eigenvalue weighted by molar-refractivity contribution is -0.139. The average molecular weight is 157 g/mol. The number of hydrogen-bond acceptors (Lipinski definition) is 4. The van der Waals surface area contributed by atoms with E-state index >= 15 is 0 Å². The molecule has 0 amide bonds. The number of hydrogen-bond donors (Lipinski definition) is 1. The second-order valence-corrected chi connectivity index (χ2v) is 1.99. The number of aromatic nitrogens is 1. The largest absolute Gasteiger partial charge is 0.479 e.